The second-order valence-electron chi connectivity index (χ2n) is 5.01. The van der Waals surface area contributed by atoms with Crippen molar-refractivity contribution in [3.05, 3.63) is 35.8 Å². The van der Waals surface area contributed by atoms with E-state index in [0.717, 1.165) is 16.7 Å². The van der Waals surface area contributed by atoms with E-state index in [0.29, 0.717) is 0 Å². The van der Waals surface area contributed by atoms with Crippen molar-refractivity contribution in [2.24, 2.45) is 0 Å². The third kappa shape index (κ3) is 1.99. The lowest BCUT2D eigenvalue weighted by Gasteiger charge is -2.16. The fraction of sp³-hybridized carbons (Fsp3) is 0.385. The first-order chi connectivity index (χ1) is 6.97. The molecule has 2 aromatic rings. The summed E-state index contributed by atoms with van der Waals surface area (Å²) in [6.45, 7) is 8.47. The van der Waals surface area contributed by atoms with Crippen LogP contribution >= 0.6 is 0 Å². The molecule has 2 rings (SSSR count). The van der Waals surface area contributed by atoms with E-state index in [2.05, 4.69) is 55.9 Å². The van der Waals surface area contributed by atoms with Gasteiger partial charge in [0, 0.05) is 17.0 Å². The number of fused-ring (bicyclic) bond motifs is 1. The predicted octanol–water partition coefficient (Wildman–Crippen LogP) is 3.24. The number of hydrogen-bond donors (Lipinski definition) is 0. The van der Waals surface area contributed by atoms with E-state index in [-0.39, 0.29) is 5.41 Å². The van der Waals surface area contributed by atoms with Gasteiger partial charge in [-0.15, -0.1) is 0 Å². The van der Waals surface area contributed by atoms with Gasteiger partial charge in [-0.1, -0.05) is 32.9 Å². The van der Waals surface area contributed by atoms with Crippen molar-refractivity contribution >= 4 is 10.9 Å². The van der Waals surface area contributed by atoms with Crippen LogP contribution < -0.4 is 0 Å². The molecule has 2 heteroatoms. The molecule has 78 valence electrons. The minimum Gasteiger partial charge on any atom is -0.240 e. The quantitative estimate of drug-likeness (QED) is 0.652. The minimum atomic E-state index is 0.0118. The summed E-state index contributed by atoms with van der Waals surface area (Å²) < 4.78 is 0. The SMILES string of the molecule is Cc1ccc2cnc(C(C)(C)C)nc2c1. The van der Waals surface area contributed by atoms with Gasteiger partial charge in [-0.2, -0.15) is 0 Å². The van der Waals surface area contributed by atoms with Crippen LogP contribution in [0.1, 0.15) is 32.2 Å². The average molecular weight is 200 g/mol. The van der Waals surface area contributed by atoms with Crippen molar-refractivity contribution in [2.75, 3.05) is 0 Å². The standard InChI is InChI=1S/C13H16N2/c1-9-5-6-10-8-14-12(13(2,3)4)15-11(10)7-9/h5-8H,1-4H3. The number of aromatic nitrogens is 2. The second kappa shape index (κ2) is 3.30. The zero-order valence-corrected chi connectivity index (χ0v) is 9.70. The van der Waals surface area contributed by atoms with Gasteiger partial charge in [0.15, 0.2) is 0 Å². The molecule has 1 aromatic heterocycles. The summed E-state index contributed by atoms with van der Waals surface area (Å²) in [4.78, 5) is 8.99. The Morgan fingerprint density at radius 2 is 1.87 bits per heavy atom. The van der Waals surface area contributed by atoms with E-state index in [1.54, 1.807) is 0 Å². The summed E-state index contributed by atoms with van der Waals surface area (Å²) in [5.41, 5.74) is 2.29. The highest BCUT2D eigenvalue weighted by atomic mass is 14.9. The molecule has 0 radical (unpaired) electrons. The van der Waals surface area contributed by atoms with Crippen LogP contribution in [0, 0.1) is 6.92 Å². The molecule has 1 aromatic carbocycles. The van der Waals surface area contributed by atoms with E-state index in [1.165, 1.54) is 5.56 Å². The number of aryl methyl sites for hydroxylation is 1. The second-order valence-corrected chi connectivity index (χ2v) is 5.01. The van der Waals surface area contributed by atoms with E-state index >= 15 is 0 Å². The highest BCUT2D eigenvalue weighted by Crippen LogP contribution is 2.20. The molecule has 0 bridgehead atoms. The topological polar surface area (TPSA) is 25.8 Å². The van der Waals surface area contributed by atoms with Crippen molar-refractivity contribution in [1.29, 1.82) is 0 Å². The maximum absolute atomic E-state index is 4.60. The highest BCUT2D eigenvalue weighted by Gasteiger charge is 2.17. The van der Waals surface area contributed by atoms with Crippen LogP contribution in [0.2, 0.25) is 0 Å². The van der Waals surface area contributed by atoms with Gasteiger partial charge in [0.2, 0.25) is 0 Å². The van der Waals surface area contributed by atoms with Crippen molar-refractivity contribution in [1.82, 2.24) is 9.97 Å². The summed E-state index contributed by atoms with van der Waals surface area (Å²) in [5, 5.41) is 1.11. The van der Waals surface area contributed by atoms with Crippen molar-refractivity contribution < 1.29 is 0 Å². The molecule has 0 fully saturated rings. The molecule has 0 aliphatic rings. The first-order valence-electron chi connectivity index (χ1n) is 5.21. The zero-order valence-electron chi connectivity index (χ0n) is 9.70. The number of rotatable bonds is 0. The molecule has 0 aliphatic heterocycles. The molecule has 0 N–H and O–H groups in total. The molecular formula is C13H16N2. The van der Waals surface area contributed by atoms with E-state index in [4.69, 9.17) is 0 Å². The lowest BCUT2D eigenvalue weighted by Crippen LogP contribution is -2.15. The Hall–Kier alpha value is -1.44. The normalized spacial score (nSPS) is 12.0. The Morgan fingerprint density at radius 1 is 1.13 bits per heavy atom. The maximum Gasteiger partial charge on any atom is 0.134 e. The molecule has 0 saturated carbocycles. The molecule has 0 aliphatic carbocycles. The highest BCUT2D eigenvalue weighted by molar-refractivity contribution is 5.78. The summed E-state index contributed by atoms with van der Waals surface area (Å²) in [6.07, 6.45) is 1.91. The lowest BCUT2D eigenvalue weighted by molar-refractivity contribution is 0.548. The molecule has 0 amide bonds. The van der Waals surface area contributed by atoms with Gasteiger partial charge in [0.1, 0.15) is 5.82 Å². The van der Waals surface area contributed by atoms with Gasteiger partial charge < -0.3 is 0 Å². The fourth-order valence-electron chi connectivity index (χ4n) is 1.49. The maximum atomic E-state index is 4.60. The first kappa shape index (κ1) is 10.1. The summed E-state index contributed by atoms with van der Waals surface area (Å²) in [7, 11) is 0. The largest absolute Gasteiger partial charge is 0.240 e. The fourth-order valence-corrected chi connectivity index (χ4v) is 1.49. The van der Waals surface area contributed by atoms with E-state index in [1.807, 2.05) is 6.20 Å². The third-order valence-electron chi connectivity index (χ3n) is 2.41. The monoisotopic (exact) mass is 200 g/mol. The van der Waals surface area contributed by atoms with Gasteiger partial charge in [-0.3, -0.25) is 0 Å². The Balaban J connectivity index is 2.64. The van der Waals surface area contributed by atoms with Crippen LogP contribution in [0.3, 0.4) is 0 Å². The molecule has 0 unspecified atom stereocenters. The Labute approximate surface area is 90.4 Å². The number of hydrogen-bond acceptors (Lipinski definition) is 2. The Morgan fingerprint density at radius 3 is 2.53 bits per heavy atom. The third-order valence-corrected chi connectivity index (χ3v) is 2.41. The minimum absolute atomic E-state index is 0.0118. The van der Waals surface area contributed by atoms with Crippen LogP contribution in [-0.2, 0) is 5.41 Å². The van der Waals surface area contributed by atoms with Crippen LogP contribution in [0.5, 0.6) is 0 Å². The summed E-state index contributed by atoms with van der Waals surface area (Å²) >= 11 is 0. The van der Waals surface area contributed by atoms with E-state index < -0.39 is 0 Å². The van der Waals surface area contributed by atoms with Crippen molar-refractivity contribution in [3.63, 3.8) is 0 Å². The van der Waals surface area contributed by atoms with Gasteiger partial charge in [0.05, 0.1) is 5.52 Å². The Bertz CT molecular complexity index is 495. The van der Waals surface area contributed by atoms with Crippen LogP contribution in [0.15, 0.2) is 24.4 Å². The number of nitrogens with zero attached hydrogens (tertiary/aromatic N) is 2. The lowest BCUT2D eigenvalue weighted by atomic mass is 9.95. The van der Waals surface area contributed by atoms with Crippen LogP contribution in [-0.4, -0.2) is 9.97 Å². The van der Waals surface area contributed by atoms with Gasteiger partial charge in [-0.25, -0.2) is 9.97 Å². The molecular weight excluding hydrogens is 184 g/mol. The first-order valence-corrected chi connectivity index (χ1v) is 5.21. The molecule has 0 saturated heterocycles. The molecule has 0 atom stereocenters. The van der Waals surface area contributed by atoms with E-state index in [9.17, 15) is 0 Å². The summed E-state index contributed by atoms with van der Waals surface area (Å²) in [5.74, 6) is 0.903. The Kier molecular flexibility index (Phi) is 2.22. The molecule has 15 heavy (non-hydrogen) atoms. The summed E-state index contributed by atoms with van der Waals surface area (Å²) in [6, 6.07) is 6.26. The van der Waals surface area contributed by atoms with Crippen LogP contribution in [0.25, 0.3) is 10.9 Å². The van der Waals surface area contributed by atoms with Gasteiger partial charge >= 0.3 is 0 Å². The molecule has 1 heterocycles. The van der Waals surface area contributed by atoms with Crippen molar-refractivity contribution in [2.45, 2.75) is 33.1 Å². The van der Waals surface area contributed by atoms with Gasteiger partial charge in [-0.05, 0) is 18.6 Å². The van der Waals surface area contributed by atoms with Crippen LogP contribution in [0.4, 0.5) is 0 Å². The average Bonchev–Trinajstić information content (AvgIpc) is 2.15. The smallest absolute Gasteiger partial charge is 0.134 e. The van der Waals surface area contributed by atoms with Crippen molar-refractivity contribution in [3.8, 4) is 0 Å². The zero-order chi connectivity index (χ0) is 11.1. The predicted molar refractivity (Wildman–Crippen MR) is 63.0 cm³/mol. The molecule has 0 spiro atoms. The van der Waals surface area contributed by atoms with Gasteiger partial charge in [0.25, 0.3) is 0 Å². The molecule has 2 nitrogen and oxygen atoms in total. The number of benzene rings is 1.